The minimum atomic E-state index is -0.142. The molecule has 156 valence electrons. The molecule has 0 spiro atoms. The van der Waals surface area contributed by atoms with Crippen LogP contribution in [0.4, 0.5) is 0 Å². The SMILES string of the molecule is O=c1c(SCc2ccc(Cl)cc2Cl)c(S[C@@H]2CCCCO2)cnn1-c1ccccc1. The second kappa shape index (κ2) is 10.2. The van der Waals surface area contributed by atoms with Gasteiger partial charge in [0, 0.05) is 27.3 Å². The largest absolute Gasteiger partial charge is 0.367 e. The molecule has 2 heterocycles. The predicted molar refractivity (Wildman–Crippen MR) is 125 cm³/mol. The summed E-state index contributed by atoms with van der Waals surface area (Å²) in [6.45, 7) is 0.759. The second-order valence-corrected chi connectivity index (χ2v) is 9.86. The second-order valence-electron chi connectivity index (χ2n) is 6.83. The molecule has 1 fully saturated rings. The molecule has 0 saturated carbocycles. The molecule has 1 aromatic heterocycles. The summed E-state index contributed by atoms with van der Waals surface area (Å²) in [4.78, 5) is 14.9. The Bertz CT molecular complexity index is 1070. The van der Waals surface area contributed by atoms with Crippen LogP contribution >= 0.6 is 46.7 Å². The van der Waals surface area contributed by atoms with Crippen LogP contribution in [0.1, 0.15) is 24.8 Å². The zero-order valence-corrected chi connectivity index (χ0v) is 19.2. The third kappa shape index (κ3) is 5.24. The molecule has 0 amide bonds. The molecule has 1 aliphatic heterocycles. The molecule has 0 radical (unpaired) electrons. The molecule has 2 aromatic carbocycles. The van der Waals surface area contributed by atoms with Gasteiger partial charge >= 0.3 is 0 Å². The molecule has 0 N–H and O–H groups in total. The maximum atomic E-state index is 13.4. The van der Waals surface area contributed by atoms with Gasteiger partial charge in [-0.05, 0) is 49.1 Å². The van der Waals surface area contributed by atoms with Crippen LogP contribution in [0.3, 0.4) is 0 Å². The van der Waals surface area contributed by atoms with Crippen molar-refractivity contribution in [1.29, 1.82) is 0 Å². The van der Waals surface area contributed by atoms with E-state index in [4.69, 9.17) is 27.9 Å². The van der Waals surface area contributed by atoms with E-state index >= 15 is 0 Å². The van der Waals surface area contributed by atoms with Gasteiger partial charge in [0.2, 0.25) is 0 Å². The summed E-state index contributed by atoms with van der Waals surface area (Å²) in [5.74, 6) is 0.559. The molecular formula is C22H20Cl2N2O2S2. The van der Waals surface area contributed by atoms with Crippen LogP contribution in [0.15, 0.2) is 69.3 Å². The maximum absolute atomic E-state index is 13.4. The van der Waals surface area contributed by atoms with Gasteiger partial charge in [-0.3, -0.25) is 4.79 Å². The highest BCUT2D eigenvalue weighted by Crippen LogP contribution is 2.36. The van der Waals surface area contributed by atoms with Crippen LogP contribution in [0.2, 0.25) is 10.0 Å². The molecule has 8 heteroatoms. The van der Waals surface area contributed by atoms with E-state index in [1.165, 1.54) is 16.4 Å². The van der Waals surface area contributed by atoms with E-state index in [0.29, 0.717) is 20.7 Å². The Morgan fingerprint density at radius 3 is 2.70 bits per heavy atom. The molecule has 1 aliphatic rings. The number of halogens is 2. The molecule has 0 aliphatic carbocycles. The summed E-state index contributed by atoms with van der Waals surface area (Å²) in [7, 11) is 0. The minimum absolute atomic E-state index is 0.0472. The number of aromatic nitrogens is 2. The van der Waals surface area contributed by atoms with Crippen molar-refractivity contribution in [2.24, 2.45) is 0 Å². The Labute approximate surface area is 193 Å². The first-order valence-electron chi connectivity index (χ1n) is 9.64. The zero-order chi connectivity index (χ0) is 20.9. The molecule has 0 bridgehead atoms. The van der Waals surface area contributed by atoms with Crippen LogP contribution < -0.4 is 5.56 Å². The Morgan fingerprint density at radius 2 is 1.97 bits per heavy atom. The van der Waals surface area contributed by atoms with Crippen LogP contribution in [0.25, 0.3) is 5.69 Å². The first-order valence-corrected chi connectivity index (χ1v) is 12.3. The smallest absolute Gasteiger partial charge is 0.286 e. The number of thioether (sulfide) groups is 2. The fourth-order valence-corrected chi connectivity index (χ4v) is 5.99. The van der Waals surface area contributed by atoms with Gasteiger partial charge in [-0.25, -0.2) is 0 Å². The van der Waals surface area contributed by atoms with Crippen molar-refractivity contribution in [2.75, 3.05) is 6.61 Å². The first-order chi connectivity index (χ1) is 14.6. The third-order valence-electron chi connectivity index (χ3n) is 4.69. The van der Waals surface area contributed by atoms with Gasteiger partial charge in [0.15, 0.2) is 0 Å². The van der Waals surface area contributed by atoms with E-state index < -0.39 is 0 Å². The van der Waals surface area contributed by atoms with Crippen molar-refractivity contribution in [3.05, 3.63) is 80.7 Å². The highest BCUT2D eigenvalue weighted by atomic mass is 35.5. The monoisotopic (exact) mass is 478 g/mol. The van der Waals surface area contributed by atoms with Gasteiger partial charge in [-0.1, -0.05) is 59.2 Å². The molecule has 3 aromatic rings. The zero-order valence-electron chi connectivity index (χ0n) is 16.1. The Hall–Kier alpha value is -1.44. The van der Waals surface area contributed by atoms with Crippen molar-refractivity contribution in [1.82, 2.24) is 9.78 Å². The van der Waals surface area contributed by atoms with Crippen LogP contribution in [0.5, 0.6) is 0 Å². The lowest BCUT2D eigenvalue weighted by Gasteiger charge is -2.22. The number of hydrogen-bond donors (Lipinski definition) is 0. The number of ether oxygens (including phenoxy) is 1. The molecule has 0 unspecified atom stereocenters. The Balaban J connectivity index is 1.67. The van der Waals surface area contributed by atoms with E-state index in [0.717, 1.165) is 42.0 Å². The summed E-state index contributed by atoms with van der Waals surface area (Å²) < 4.78 is 7.31. The van der Waals surface area contributed by atoms with Gasteiger partial charge in [0.05, 0.1) is 16.8 Å². The lowest BCUT2D eigenvalue weighted by atomic mass is 10.2. The van der Waals surface area contributed by atoms with E-state index in [2.05, 4.69) is 5.10 Å². The Kier molecular flexibility index (Phi) is 7.44. The van der Waals surface area contributed by atoms with Gasteiger partial charge in [-0.15, -0.1) is 11.8 Å². The maximum Gasteiger partial charge on any atom is 0.286 e. The van der Waals surface area contributed by atoms with Crippen molar-refractivity contribution in [3.8, 4) is 5.69 Å². The van der Waals surface area contributed by atoms with E-state index in [1.807, 2.05) is 42.5 Å². The third-order valence-corrected chi connectivity index (χ3v) is 7.74. The molecule has 1 atom stereocenters. The van der Waals surface area contributed by atoms with Crippen LogP contribution in [0, 0.1) is 0 Å². The van der Waals surface area contributed by atoms with Gasteiger partial charge in [0.25, 0.3) is 5.56 Å². The van der Waals surface area contributed by atoms with E-state index in [9.17, 15) is 4.79 Å². The summed E-state index contributed by atoms with van der Waals surface area (Å²) >= 11 is 15.4. The summed E-state index contributed by atoms with van der Waals surface area (Å²) in [5, 5.41) is 5.62. The Morgan fingerprint density at radius 1 is 1.13 bits per heavy atom. The van der Waals surface area contributed by atoms with Crippen LogP contribution in [-0.4, -0.2) is 21.8 Å². The number of para-hydroxylation sites is 1. The molecule has 1 saturated heterocycles. The first kappa shape index (κ1) is 21.8. The fraction of sp³-hybridized carbons (Fsp3) is 0.273. The van der Waals surface area contributed by atoms with Crippen molar-refractivity contribution >= 4 is 46.7 Å². The lowest BCUT2D eigenvalue weighted by molar-refractivity contribution is 0.0727. The lowest BCUT2D eigenvalue weighted by Crippen LogP contribution is -2.24. The highest BCUT2D eigenvalue weighted by molar-refractivity contribution is 8.02. The van der Waals surface area contributed by atoms with E-state index in [-0.39, 0.29) is 11.0 Å². The van der Waals surface area contributed by atoms with Gasteiger partial charge < -0.3 is 4.74 Å². The summed E-state index contributed by atoms with van der Waals surface area (Å²) in [6, 6.07) is 14.9. The predicted octanol–water partition coefficient (Wildman–Crippen LogP) is 6.45. The van der Waals surface area contributed by atoms with Gasteiger partial charge in [-0.2, -0.15) is 9.78 Å². The highest BCUT2D eigenvalue weighted by Gasteiger charge is 2.21. The normalized spacial score (nSPS) is 16.5. The minimum Gasteiger partial charge on any atom is -0.367 e. The van der Waals surface area contributed by atoms with E-state index in [1.54, 1.807) is 24.0 Å². The fourth-order valence-electron chi connectivity index (χ4n) is 3.13. The average molecular weight is 479 g/mol. The molecular weight excluding hydrogens is 459 g/mol. The molecule has 4 nitrogen and oxygen atoms in total. The topological polar surface area (TPSA) is 44.1 Å². The number of rotatable bonds is 6. The van der Waals surface area contributed by atoms with Crippen molar-refractivity contribution in [3.63, 3.8) is 0 Å². The van der Waals surface area contributed by atoms with Crippen molar-refractivity contribution in [2.45, 2.75) is 40.2 Å². The van der Waals surface area contributed by atoms with Gasteiger partial charge in [0.1, 0.15) is 5.44 Å². The number of hydrogen-bond acceptors (Lipinski definition) is 5. The quantitative estimate of drug-likeness (QED) is 0.380. The van der Waals surface area contributed by atoms with Crippen molar-refractivity contribution < 1.29 is 4.74 Å². The molecule has 30 heavy (non-hydrogen) atoms. The van der Waals surface area contributed by atoms with Crippen LogP contribution in [-0.2, 0) is 10.5 Å². The average Bonchev–Trinajstić information content (AvgIpc) is 2.76. The molecule has 4 rings (SSSR count). The summed E-state index contributed by atoms with van der Waals surface area (Å²) in [6.07, 6.45) is 4.96. The number of benzene rings is 2. The summed E-state index contributed by atoms with van der Waals surface area (Å²) in [5.41, 5.74) is 1.57. The standard InChI is InChI=1S/C22H20Cl2N2O2S2/c23-16-10-9-15(18(24)12-16)14-29-21-19(30-20-8-4-5-11-28-20)13-25-26(22(21)27)17-6-2-1-3-7-17/h1-3,6-7,9-10,12-13,20H,4-5,8,11,14H2/t20-/m1/s1. The number of nitrogens with zero attached hydrogens (tertiary/aromatic N) is 2.